The Hall–Kier alpha value is -1.94. The van der Waals surface area contributed by atoms with Gasteiger partial charge in [-0.25, -0.2) is 16.8 Å². The molecule has 0 amide bonds. The predicted octanol–water partition coefficient (Wildman–Crippen LogP) is 1.82. The van der Waals surface area contributed by atoms with E-state index in [0.29, 0.717) is 18.9 Å². The van der Waals surface area contributed by atoms with Crippen LogP contribution in [0.1, 0.15) is 5.56 Å². The Morgan fingerprint density at radius 1 is 0.885 bits per heavy atom. The summed E-state index contributed by atoms with van der Waals surface area (Å²) in [6.07, 6.45) is 0. The summed E-state index contributed by atoms with van der Waals surface area (Å²) in [5.74, 6) is 0. The van der Waals surface area contributed by atoms with E-state index >= 15 is 0 Å². The number of nitrogens with zero attached hydrogens (tertiary/aromatic N) is 1. The number of hydrogen-bond acceptors (Lipinski definition) is 5. The van der Waals surface area contributed by atoms with E-state index in [1.54, 1.807) is 25.1 Å². The Morgan fingerprint density at radius 3 is 2.08 bits per heavy atom. The van der Waals surface area contributed by atoms with Gasteiger partial charge in [0, 0.05) is 13.1 Å². The zero-order valence-electron chi connectivity index (χ0n) is 14.3. The third kappa shape index (κ3) is 3.90. The highest BCUT2D eigenvalue weighted by Crippen LogP contribution is 2.22. The van der Waals surface area contributed by atoms with E-state index in [-0.39, 0.29) is 22.9 Å². The van der Waals surface area contributed by atoms with Crippen molar-refractivity contribution in [1.82, 2.24) is 4.31 Å². The lowest BCUT2D eigenvalue weighted by molar-refractivity contribution is 0.0730. The molecule has 1 saturated heterocycles. The number of morpholine rings is 1. The second-order valence-electron chi connectivity index (χ2n) is 5.91. The minimum atomic E-state index is -3.80. The molecule has 0 unspecified atom stereocenters. The molecule has 9 heteroatoms. The standard InChI is InChI=1S/C17H20N2O5S2/c1-14-4-2-3-5-17(14)18-25(20,21)15-6-8-16(9-7-15)26(22,23)19-10-12-24-13-11-19/h2-9,18H,10-13H2,1H3. The van der Waals surface area contributed by atoms with E-state index < -0.39 is 20.0 Å². The van der Waals surface area contributed by atoms with Gasteiger partial charge in [0.1, 0.15) is 0 Å². The van der Waals surface area contributed by atoms with Crippen LogP contribution in [0, 0.1) is 6.92 Å². The summed E-state index contributed by atoms with van der Waals surface area (Å²) in [6, 6.07) is 12.3. The molecule has 0 saturated carbocycles. The molecule has 3 rings (SSSR count). The molecule has 0 bridgehead atoms. The lowest BCUT2D eigenvalue weighted by atomic mass is 10.2. The third-order valence-electron chi connectivity index (χ3n) is 4.13. The average Bonchev–Trinajstić information content (AvgIpc) is 2.64. The Labute approximate surface area is 153 Å². The zero-order valence-corrected chi connectivity index (χ0v) is 15.9. The van der Waals surface area contributed by atoms with Crippen molar-refractivity contribution in [3.63, 3.8) is 0 Å². The number of benzene rings is 2. The molecular weight excluding hydrogens is 376 g/mol. The van der Waals surface area contributed by atoms with Gasteiger partial charge >= 0.3 is 0 Å². The number of hydrogen-bond donors (Lipinski definition) is 1. The summed E-state index contributed by atoms with van der Waals surface area (Å²) >= 11 is 0. The van der Waals surface area contributed by atoms with Gasteiger partial charge in [0.25, 0.3) is 10.0 Å². The molecule has 26 heavy (non-hydrogen) atoms. The Bertz CT molecular complexity index is 980. The second kappa shape index (κ2) is 7.36. The van der Waals surface area contributed by atoms with Crippen LogP contribution in [0.2, 0.25) is 0 Å². The molecule has 2 aromatic carbocycles. The molecule has 140 valence electrons. The molecule has 0 aliphatic carbocycles. The van der Waals surface area contributed by atoms with Gasteiger partial charge in [-0.3, -0.25) is 4.72 Å². The minimum Gasteiger partial charge on any atom is -0.379 e. The van der Waals surface area contributed by atoms with Crippen LogP contribution in [-0.2, 0) is 24.8 Å². The zero-order chi connectivity index (χ0) is 18.8. The van der Waals surface area contributed by atoms with Gasteiger partial charge in [0.15, 0.2) is 0 Å². The summed E-state index contributed by atoms with van der Waals surface area (Å²) in [5, 5.41) is 0. The smallest absolute Gasteiger partial charge is 0.261 e. The summed E-state index contributed by atoms with van der Waals surface area (Å²) in [7, 11) is -7.45. The van der Waals surface area contributed by atoms with Crippen LogP contribution >= 0.6 is 0 Å². The van der Waals surface area contributed by atoms with Crippen LogP contribution in [0.15, 0.2) is 58.3 Å². The van der Waals surface area contributed by atoms with E-state index in [1.165, 1.54) is 28.6 Å². The molecule has 7 nitrogen and oxygen atoms in total. The number of aryl methyl sites for hydroxylation is 1. The van der Waals surface area contributed by atoms with Crippen molar-refractivity contribution < 1.29 is 21.6 Å². The van der Waals surface area contributed by atoms with Gasteiger partial charge < -0.3 is 4.74 Å². The molecular formula is C17H20N2O5S2. The van der Waals surface area contributed by atoms with E-state index in [1.807, 2.05) is 6.07 Å². The highest BCUT2D eigenvalue weighted by molar-refractivity contribution is 7.92. The molecule has 0 aromatic heterocycles. The molecule has 2 aromatic rings. The SMILES string of the molecule is Cc1ccccc1NS(=O)(=O)c1ccc(S(=O)(=O)N2CCOCC2)cc1. The first kappa shape index (κ1) is 18.8. The van der Waals surface area contributed by atoms with Gasteiger partial charge in [-0.05, 0) is 42.8 Å². The van der Waals surface area contributed by atoms with Crippen LogP contribution in [-0.4, -0.2) is 47.4 Å². The maximum absolute atomic E-state index is 12.6. The summed E-state index contributed by atoms with van der Waals surface area (Å²) < 4.78 is 59.3. The average molecular weight is 396 g/mol. The maximum atomic E-state index is 12.6. The Morgan fingerprint density at radius 2 is 1.46 bits per heavy atom. The lowest BCUT2D eigenvalue weighted by Crippen LogP contribution is -2.40. The highest BCUT2D eigenvalue weighted by Gasteiger charge is 2.26. The number of ether oxygens (including phenoxy) is 1. The topological polar surface area (TPSA) is 92.8 Å². The van der Waals surface area contributed by atoms with Crippen LogP contribution in [0.4, 0.5) is 5.69 Å². The number of sulfonamides is 2. The second-order valence-corrected chi connectivity index (χ2v) is 9.53. The lowest BCUT2D eigenvalue weighted by Gasteiger charge is -2.26. The van der Waals surface area contributed by atoms with Gasteiger partial charge in [-0.1, -0.05) is 18.2 Å². The molecule has 1 aliphatic heterocycles. The number of nitrogens with one attached hydrogen (secondary N) is 1. The van der Waals surface area contributed by atoms with E-state index in [4.69, 9.17) is 4.74 Å². The number of para-hydroxylation sites is 1. The van der Waals surface area contributed by atoms with Crippen molar-refractivity contribution in [2.45, 2.75) is 16.7 Å². The van der Waals surface area contributed by atoms with Gasteiger partial charge in [0.05, 0.1) is 28.7 Å². The van der Waals surface area contributed by atoms with E-state index in [0.717, 1.165) is 5.56 Å². The molecule has 0 radical (unpaired) electrons. The van der Waals surface area contributed by atoms with Crippen molar-refractivity contribution in [3.05, 3.63) is 54.1 Å². The highest BCUT2D eigenvalue weighted by atomic mass is 32.2. The predicted molar refractivity (Wildman–Crippen MR) is 98.0 cm³/mol. The van der Waals surface area contributed by atoms with Crippen LogP contribution in [0.3, 0.4) is 0 Å². The Kier molecular flexibility index (Phi) is 5.33. The van der Waals surface area contributed by atoms with Crippen LogP contribution < -0.4 is 4.72 Å². The summed E-state index contributed by atoms with van der Waals surface area (Å²) in [5.41, 5.74) is 1.28. The molecule has 1 N–H and O–H groups in total. The first-order valence-electron chi connectivity index (χ1n) is 8.07. The molecule has 1 aliphatic rings. The largest absolute Gasteiger partial charge is 0.379 e. The van der Waals surface area contributed by atoms with Gasteiger partial charge in [-0.15, -0.1) is 0 Å². The van der Waals surface area contributed by atoms with E-state index in [2.05, 4.69) is 4.72 Å². The number of rotatable bonds is 5. The third-order valence-corrected chi connectivity index (χ3v) is 7.43. The fourth-order valence-corrected chi connectivity index (χ4v) is 5.16. The molecule has 0 spiro atoms. The normalized spacial score (nSPS) is 16.3. The summed E-state index contributed by atoms with van der Waals surface area (Å²) in [6.45, 7) is 3.09. The van der Waals surface area contributed by atoms with Crippen molar-refractivity contribution in [2.24, 2.45) is 0 Å². The Balaban J connectivity index is 1.83. The summed E-state index contributed by atoms with van der Waals surface area (Å²) in [4.78, 5) is 0.0657. The minimum absolute atomic E-state index is 0.00156. The maximum Gasteiger partial charge on any atom is 0.261 e. The fraction of sp³-hybridized carbons (Fsp3) is 0.294. The van der Waals surface area contributed by atoms with Gasteiger partial charge in [0.2, 0.25) is 10.0 Å². The van der Waals surface area contributed by atoms with Crippen molar-refractivity contribution in [1.29, 1.82) is 0 Å². The fourth-order valence-electron chi connectivity index (χ4n) is 2.62. The van der Waals surface area contributed by atoms with Gasteiger partial charge in [-0.2, -0.15) is 4.31 Å². The van der Waals surface area contributed by atoms with Crippen molar-refractivity contribution >= 4 is 25.7 Å². The molecule has 0 atom stereocenters. The molecule has 1 heterocycles. The van der Waals surface area contributed by atoms with Crippen LogP contribution in [0.25, 0.3) is 0 Å². The first-order chi connectivity index (χ1) is 12.3. The van der Waals surface area contributed by atoms with E-state index in [9.17, 15) is 16.8 Å². The number of anilines is 1. The first-order valence-corrected chi connectivity index (χ1v) is 11.0. The van der Waals surface area contributed by atoms with Crippen molar-refractivity contribution in [3.8, 4) is 0 Å². The van der Waals surface area contributed by atoms with Crippen molar-refractivity contribution in [2.75, 3.05) is 31.0 Å². The molecule has 1 fully saturated rings. The van der Waals surface area contributed by atoms with Crippen LogP contribution in [0.5, 0.6) is 0 Å². The monoisotopic (exact) mass is 396 g/mol. The quantitative estimate of drug-likeness (QED) is 0.832.